The molecule has 4 nitrogen and oxygen atoms in total. The quantitative estimate of drug-likeness (QED) is 0.757. The topological polar surface area (TPSA) is 72.2 Å². The Labute approximate surface area is 98.8 Å². The molecule has 0 unspecified atom stereocenters. The molecule has 0 aromatic heterocycles. The molecule has 0 amide bonds. The zero-order chi connectivity index (χ0) is 12.4. The largest absolute Gasteiger partial charge is 0.394 e. The predicted octanol–water partition coefficient (Wildman–Crippen LogP) is 1.01. The predicted molar refractivity (Wildman–Crippen MR) is 64.5 cm³/mol. The number of hydrogen-bond donors (Lipinski definition) is 2. The summed E-state index contributed by atoms with van der Waals surface area (Å²) >= 11 is 0. The highest BCUT2D eigenvalue weighted by molar-refractivity contribution is 6.26. The SMILES string of the molecule is C=CCNC1=C(N)C(=O)c2ccccc2C1=O. The van der Waals surface area contributed by atoms with E-state index in [1.54, 1.807) is 30.3 Å². The number of fused-ring (bicyclic) bond motifs is 1. The first-order valence-electron chi connectivity index (χ1n) is 5.19. The lowest BCUT2D eigenvalue weighted by molar-refractivity contribution is 0.0968. The van der Waals surface area contributed by atoms with Gasteiger partial charge in [0.05, 0.1) is 0 Å². The Morgan fingerprint density at radius 1 is 1.18 bits per heavy atom. The van der Waals surface area contributed by atoms with Crippen molar-refractivity contribution in [2.24, 2.45) is 5.73 Å². The maximum absolute atomic E-state index is 12.1. The first-order valence-corrected chi connectivity index (χ1v) is 5.19. The van der Waals surface area contributed by atoms with Gasteiger partial charge in [0.2, 0.25) is 11.6 Å². The third kappa shape index (κ3) is 1.73. The maximum Gasteiger partial charge on any atom is 0.211 e. The highest BCUT2D eigenvalue weighted by Crippen LogP contribution is 2.22. The van der Waals surface area contributed by atoms with Crippen LogP contribution in [0, 0.1) is 0 Å². The van der Waals surface area contributed by atoms with Crippen LogP contribution in [0.25, 0.3) is 0 Å². The van der Waals surface area contributed by atoms with Crippen molar-refractivity contribution in [1.82, 2.24) is 5.32 Å². The highest BCUT2D eigenvalue weighted by atomic mass is 16.1. The lowest BCUT2D eigenvalue weighted by Gasteiger charge is -2.18. The fraction of sp³-hybridized carbons (Fsp3) is 0.0769. The molecule has 0 atom stereocenters. The van der Waals surface area contributed by atoms with Gasteiger partial charge in [0, 0.05) is 17.7 Å². The van der Waals surface area contributed by atoms with Crippen LogP contribution in [0.5, 0.6) is 0 Å². The van der Waals surface area contributed by atoms with Crippen molar-refractivity contribution in [2.75, 3.05) is 6.54 Å². The van der Waals surface area contributed by atoms with Crippen molar-refractivity contribution >= 4 is 11.6 Å². The smallest absolute Gasteiger partial charge is 0.211 e. The minimum atomic E-state index is -0.313. The maximum atomic E-state index is 12.1. The first-order chi connectivity index (χ1) is 8.16. The molecule has 0 aliphatic heterocycles. The van der Waals surface area contributed by atoms with Gasteiger partial charge in [-0.1, -0.05) is 30.3 Å². The Hall–Kier alpha value is -2.36. The fourth-order valence-electron chi connectivity index (χ4n) is 1.74. The fourth-order valence-corrected chi connectivity index (χ4v) is 1.74. The first kappa shape index (κ1) is 11.1. The molecule has 0 bridgehead atoms. The number of rotatable bonds is 3. The molecule has 1 aromatic rings. The van der Waals surface area contributed by atoms with Crippen molar-refractivity contribution in [3.8, 4) is 0 Å². The molecule has 0 saturated carbocycles. The monoisotopic (exact) mass is 228 g/mol. The summed E-state index contributed by atoms with van der Waals surface area (Å²) in [6.45, 7) is 3.92. The number of benzene rings is 1. The van der Waals surface area contributed by atoms with Gasteiger partial charge in [-0.2, -0.15) is 0 Å². The Kier molecular flexibility index (Phi) is 2.78. The summed E-state index contributed by atoms with van der Waals surface area (Å²) in [6, 6.07) is 6.65. The van der Waals surface area contributed by atoms with Gasteiger partial charge in [0.1, 0.15) is 11.4 Å². The summed E-state index contributed by atoms with van der Waals surface area (Å²) < 4.78 is 0. The number of nitrogens with two attached hydrogens (primary N) is 1. The van der Waals surface area contributed by atoms with Crippen molar-refractivity contribution in [3.05, 3.63) is 59.4 Å². The van der Waals surface area contributed by atoms with Crippen LogP contribution in [0.2, 0.25) is 0 Å². The molecular formula is C13H12N2O2. The molecule has 0 heterocycles. The molecule has 17 heavy (non-hydrogen) atoms. The minimum Gasteiger partial charge on any atom is -0.394 e. The zero-order valence-corrected chi connectivity index (χ0v) is 9.19. The molecule has 4 heteroatoms. The van der Waals surface area contributed by atoms with Crippen LogP contribution in [-0.2, 0) is 0 Å². The van der Waals surface area contributed by atoms with Crippen molar-refractivity contribution in [1.29, 1.82) is 0 Å². The number of hydrogen-bond acceptors (Lipinski definition) is 4. The Morgan fingerprint density at radius 2 is 1.76 bits per heavy atom. The lowest BCUT2D eigenvalue weighted by Crippen LogP contribution is -2.33. The van der Waals surface area contributed by atoms with Crippen LogP contribution in [-0.4, -0.2) is 18.1 Å². The Balaban J connectivity index is 2.50. The minimum absolute atomic E-state index is 0.0319. The molecule has 3 N–H and O–H groups in total. The van der Waals surface area contributed by atoms with Gasteiger partial charge in [0.25, 0.3) is 0 Å². The van der Waals surface area contributed by atoms with Gasteiger partial charge in [-0.05, 0) is 0 Å². The van der Waals surface area contributed by atoms with Crippen LogP contribution < -0.4 is 11.1 Å². The van der Waals surface area contributed by atoms with E-state index >= 15 is 0 Å². The Morgan fingerprint density at radius 3 is 2.35 bits per heavy atom. The van der Waals surface area contributed by atoms with Gasteiger partial charge in [-0.25, -0.2) is 0 Å². The molecule has 2 rings (SSSR count). The van der Waals surface area contributed by atoms with Gasteiger partial charge in [-0.15, -0.1) is 6.58 Å². The van der Waals surface area contributed by atoms with E-state index < -0.39 is 0 Å². The van der Waals surface area contributed by atoms with Crippen LogP contribution in [0.1, 0.15) is 20.7 Å². The Bertz CT molecular complexity index is 544. The van der Waals surface area contributed by atoms with Crippen LogP contribution in [0.3, 0.4) is 0 Å². The number of nitrogens with one attached hydrogen (secondary N) is 1. The average molecular weight is 228 g/mol. The molecule has 0 spiro atoms. The standard InChI is InChI=1S/C13H12N2O2/c1-2-7-15-11-10(14)12(16)8-5-3-4-6-9(8)13(11)17/h2-6,15H,1,7,14H2. The van der Waals surface area contributed by atoms with E-state index in [2.05, 4.69) is 11.9 Å². The molecule has 1 aliphatic rings. The van der Waals surface area contributed by atoms with Crippen molar-refractivity contribution < 1.29 is 9.59 Å². The number of Topliss-reactive ketones (excluding diaryl/α,β-unsaturated/α-hetero) is 2. The van der Waals surface area contributed by atoms with Gasteiger partial charge < -0.3 is 11.1 Å². The number of carbonyl (C=O) groups is 2. The average Bonchev–Trinajstić information content (AvgIpc) is 2.36. The van der Waals surface area contributed by atoms with Crippen LogP contribution in [0.4, 0.5) is 0 Å². The third-order valence-electron chi connectivity index (χ3n) is 2.58. The summed E-state index contributed by atoms with van der Waals surface area (Å²) in [5, 5.41) is 2.81. The second kappa shape index (κ2) is 4.25. The normalized spacial score (nSPS) is 14.6. The number of ketones is 2. The summed E-state index contributed by atoms with van der Waals surface area (Å²) in [4.78, 5) is 24.0. The van der Waals surface area contributed by atoms with E-state index in [0.29, 0.717) is 17.7 Å². The number of carbonyl (C=O) groups excluding carboxylic acids is 2. The van der Waals surface area contributed by atoms with E-state index in [0.717, 1.165) is 0 Å². The molecule has 0 saturated heterocycles. The second-order valence-electron chi connectivity index (χ2n) is 3.66. The summed E-state index contributed by atoms with van der Waals surface area (Å²) in [5.74, 6) is -0.564. The molecule has 0 fully saturated rings. The third-order valence-corrected chi connectivity index (χ3v) is 2.58. The molecule has 1 aromatic carbocycles. The molecule has 86 valence electrons. The van der Waals surface area contributed by atoms with Crippen LogP contribution >= 0.6 is 0 Å². The van der Waals surface area contributed by atoms with Gasteiger partial charge >= 0.3 is 0 Å². The summed E-state index contributed by atoms with van der Waals surface area (Å²) in [6.07, 6.45) is 1.60. The summed E-state index contributed by atoms with van der Waals surface area (Å²) in [5.41, 5.74) is 6.56. The second-order valence-corrected chi connectivity index (χ2v) is 3.66. The van der Waals surface area contributed by atoms with E-state index in [-0.39, 0.29) is 23.0 Å². The van der Waals surface area contributed by atoms with E-state index in [9.17, 15) is 9.59 Å². The number of allylic oxidation sites excluding steroid dienone is 2. The zero-order valence-electron chi connectivity index (χ0n) is 9.19. The van der Waals surface area contributed by atoms with Crippen LogP contribution in [0.15, 0.2) is 48.3 Å². The van der Waals surface area contributed by atoms with Gasteiger partial charge in [-0.3, -0.25) is 9.59 Å². The van der Waals surface area contributed by atoms with E-state index in [1.807, 2.05) is 0 Å². The van der Waals surface area contributed by atoms with Crippen molar-refractivity contribution in [3.63, 3.8) is 0 Å². The summed E-state index contributed by atoms with van der Waals surface area (Å²) in [7, 11) is 0. The van der Waals surface area contributed by atoms with Gasteiger partial charge in [0.15, 0.2) is 0 Å². The lowest BCUT2D eigenvalue weighted by atomic mass is 9.90. The van der Waals surface area contributed by atoms with E-state index in [4.69, 9.17) is 5.73 Å². The van der Waals surface area contributed by atoms with E-state index in [1.165, 1.54) is 0 Å². The molecular weight excluding hydrogens is 216 g/mol. The van der Waals surface area contributed by atoms with Crippen molar-refractivity contribution in [2.45, 2.75) is 0 Å². The molecule has 1 aliphatic carbocycles. The highest BCUT2D eigenvalue weighted by Gasteiger charge is 2.29. The molecule has 0 radical (unpaired) electrons.